The highest BCUT2D eigenvalue weighted by Crippen LogP contribution is 2.34. The van der Waals surface area contributed by atoms with E-state index in [1.807, 2.05) is 0 Å². The van der Waals surface area contributed by atoms with Gasteiger partial charge < -0.3 is 19.3 Å². The molecular weight excluding hydrogens is 287 g/mol. The molecule has 0 spiro atoms. The van der Waals surface area contributed by atoms with Crippen molar-refractivity contribution in [1.29, 1.82) is 0 Å². The third kappa shape index (κ3) is 13.3. The Hall–Kier alpha value is -1.17. The fraction of sp³-hybridized carbons (Fsp3) is 0.667. The second-order valence-corrected chi connectivity index (χ2v) is 5.92. The van der Waals surface area contributed by atoms with E-state index in [0.717, 1.165) is 25.3 Å². The fourth-order valence-electron chi connectivity index (χ4n) is 1.28. The van der Waals surface area contributed by atoms with Crippen LogP contribution in [-0.4, -0.2) is 41.1 Å². The van der Waals surface area contributed by atoms with Gasteiger partial charge in [-0.1, -0.05) is 6.58 Å². The van der Waals surface area contributed by atoms with E-state index in [2.05, 4.69) is 6.58 Å². The first-order valence-corrected chi connectivity index (χ1v) is 8.14. The summed E-state index contributed by atoms with van der Waals surface area (Å²) >= 11 is 0. The van der Waals surface area contributed by atoms with Crippen molar-refractivity contribution < 1.29 is 33.4 Å². The zero-order valence-corrected chi connectivity index (χ0v) is 12.2. The van der Waals surface area contributed by atoms with Crippen molar-refractivity contribution in [2.75, 3.05) is 19.4 Å². The van der Waals surface area contributed by atoms with Crippen LogP contribution in [0.3, 0.4) is 0 Å². The molecule has 0 aliphatic heterocycles. The second-order valence-electron chi connectivity index (χ2n) is 4.14. The molecule has 0 aromatic rings. The maximum absolute atomic E-state index is 11.1. The Morgan fingerprint density at radius 2 is 1.60 bits per heavy atom. The lowest BCUT2D eigenvalue weighted by Gasteiger charge is -2.06. The molecule has 0 radical (unpaired) electrons. The van der Waals surface area contributed by atoms with Crippen LogP contribution in [0.1, 0.15) is 32.1 Å². The molecule has 0 heterocycles. The lowest BCUT2D eigenvalue weighted by molar-refractivity contribution is -0.143. The molecule has 0 saturated heterocycles. The summed E-state index contributed by atoms with van der Waals surface area (Å²) < 4.78 is 20.1. The van der Waals surface area contributed by atoms with Gasteiger partial charge in [-0.15, -0.1) is 0 Å². The van der Waals surface area contributed by atoms with Crippen LogP contribution in [0, 0.1) is 0 Å². The molecule has 8 heteroatoms. The summed E-state index contributed by atoms with van der Waals surface area (Å²) in [6.45, 7) is 3.84. The summed E-state index contributed by atoms with van der Waals surface area (Å²) in [7, 11) is -4.14. The molecule has 20 heavy (non-hydrogen) atoms. The Kier molecular flexibility index (Phi) is 9.98. The molecule has 0 unspecified atom stereocenters. The van der Waals surface area contributed by atoms with Gasteiger partial charge in [-0.25, -0.2) is 4.79 Å². The number of ether oxygens (including phenoxy) is 2. The van der Waals surface area contributed by atoms with E-state index in [1.165, 1.54) is 0 Å². The summed E-state index contributed by atoms with van der Waals surface area (Å²) in [5.41, 5.74) is 0. The number of hydrogen-bond acceptors (Lipinski definition) is 5. The van der Waals surface area contributed by atoms with Gasteiger partial charge in [-0.3, -0.25) is 9.36 Å². The molecule has 0 saturated carbocycles. The normalized spacial score (nSPS) is 10.9. The van der Waals surface area contributed by atoms with E-state index in [0.29, 0.717) is 13.0 Å². The maximum Gasteiger partial charge on any atom is 0.330 e. The summed E-state index contributed by atoms with van der Waals surface area (Å²) in [6, 6.07) is 0. The second kappa shape index (κ2) is 10.6. The third-order valence-electron chi connectivity index (χ3n) is 2.32. The van der Waals surface area contributed by atoms with Crippen molar-refractivity contribution in [1.82, 2.24) is 0 Å². The lowest BCUT2D eigenvalue weighted by Crippen LogP contribution is -2.08. The molecule has 0 atom stereocenters. The molecule has 0 aromatic heterocycles. The smallest absolute Gasteiger partial charge is 0.330 e. The molecule has 0 fully saturated rings. The Morgan fingerprint density at radius 3 is 2.10 bits per heavy atom. The van der Waals surface area contributed by atoms with Crippen molar-refractivity contribution in [2.24, 2.45) is 0 Å². The number of carbonyl (C=O) groups is 2. The summed E-state index contributed by atoms with van der Waals surface area (Å²) in [5.74, 6) is -1.04. The highest BCUT2D eigenvalue weighted by molar-refractivity contribution is 7.51. The minimum atomic E-state index is -4.14. The third-order valence-corrected chi connectivity index (χ3v) is 3.13. The van der Waals surface area contributed by atoms with E-state index in [1.54, 1.807) is 0 Å². The number of hydrogen-bond donors (Lipinski definition) is 2. The van der Waals surface area contributed by atoms with Crippen LogP contribution in [0.25, 0.3) is 0 Å². The Balaban J connectivity index is 3.35. The van der Waals surface area contributed by atoms with Gasteiger partial charge in [-0.05, 0) is 25.7 Å². The van der Waals surface area contributed by atoms with E-state index in [-0.39, 0.29) is 13.0 Å². The fourth-order valence-corrected chi connectivity index (χ4v) is 1.76. The molecule has 0 aliphatic rings. The lowest BCUT2D eigenvalue weighted by atomic mass is 10.2. The van der Waals surface area contributed by atoms with Gasteiger partial charge >= 0.3 is 19.5 Å². The zero-order chi connectivity index (χ0) is 15.4. The topological polar surface area (TPSA) is 110 Å². The van der Waals surface area contributed by atoms with Crippen molar-refractivity contribution in [3.8, 4) is 0 Å². The highest BCUT2D eigenvalue weighted by Gasteiger charge is 2.15. The Bertz CT molecular complexity index is 361. The predicted molar refractivity (Wildman–Crippen MR) is 72.1 cm³/mol. The van der Waals surface area contributed by atoms with E-state index in [9.17, 15) is 14.2 Å². The summed E-state index contributed by atoms with van der Waals surface area (Å²) in [6.07, 6.45) is 3.39. The molecule has 0 aromatic carbocycles. The van der Waals surface area contributed by atoms with Gasteiger partial charge in [-0.2, -0.15) is 0 Å². The van der Waals surface area contributed by atoms with Crippen molar-refractivity contribution in [2.45, 2.75) is 32.1 Å². The Morgan fingerprint density at radius 1 is 1.05 bits per heavy atom. The molecule has 116 valence electrons. The van der Waals surface area contributed by atoms with Crippen molar-refractivity contribution in [3.05, 3.63) is 12.7 Å². The highest BCUT2D eigenvalue weighted by atomic mass is 31.2. The Labute approximate surface area is 118 Å². The quantitative estimate of drug-likeness (QED) is 0.257. The maximum atomic E-state index is 11.1. The largest absolute Gasteiger partial charge is 0.466 e. The van der Waals surface area contributed by atoms with Crippen molar-refractivity contribution in [3.63, 3.8) is 0 Å². The zero-order valence-electron chi connectivity index (χ0n) is 11.3. The van der Waals surface area contributed by atoms with Crippen molar-refractivity contribution >= 4 is 19.5 Å². The molecule has 0 aliphatic carbocycles. The van der Waals surface area contributed by atoms with E-state index >= 15 is 0 Å². The molecular formula is C12H21O7P. The first kappa shape index (κ1) is 18.8. The van der Waals surface area contributed by atoms with Gasteiger partial charge in [0, 0.05) is 6.08 Å². The number of carbonyl (C=O) groups excluding carboxylic acids is 2. The SMILES string of the molecule is C=CC(=O)OCCCCCCOC(=O)CCP(=O)(O)O. The predicted octanol–water partition coefficient (Wildman–Crippen LogP) is 1.39. The summed E-state index contributed by atoms with van der Waals surface area (Å²) in [5, 5.41) is 0. The van der Waals surface area contributed by atoms with Gasteiger partial charge in [0.2, 0.25) is 0 Å². The van der Waals surface area contributed by atoms with Crippen LogP contribution < -0.4 is 0 Å². The number of rotatable bonds is 11. The minimum absolute atomic E-state index is 0.229. The van der Waals surface area contributed by atoms with Crippen LogP contribution in [0.5, 0.6) is 0 Å². The first-order chi connectivity index (χ1) is 9.35. The minimum Gasteiger partial charge on any atom is -0.466 e. The van der Waals surface area contributed by atoms with Crippen LogP contribution in [0.15, 0.2) is 12.7 Å². The average molecular weight is 308 g/mol. The summed E-state index contributed by atoms with van der Waals surface area (Å²) in [4.78, 5) is 39.0. The molecule has 7 nitrogen and oxygen atoms in total. The molecule has 0 bridgehead atoms. The first-order valence-electron chi connectivity index (χ1n) is 6.34. The molecule has 0 amide bonds. The standard InChI is InChI=1S/C12H21O7P/c1-2-11(13)18-8-5-3-4-6-9-19-12(14)7-10-20(15,16)17/h2H,1,3-10H2,(H2,15,16,17). The molecule has 2 N–H and O–H groups in total. The number of unbranched alkanes of at least 4 members (excludes halogenated alkanes) is 3. The average Bonchev–Trinajstić information content (AvgIpc) is 2.38. The van der Waals surface area contributed by atoms with Gasteiger partial charge in [0.15, 0.2) is 0 Å². The van der Waals surface area contributed by atoms with Gasteiger partial charge in [0.1, 0.15) is 0 Å². The van der Waals surface area contributed by atoms with Crippen LogP contribution >= 0.6 is 7.60 Å². The monoisotopic (exact) mass is 308 g/mol. The van der Waals surface area contributed by atoms with Crippen LogP contribution in [-0.2, 0) is 23.6 Å². The van der Waals surface area contributed by atoms with E-state index < -0.39 is 25.7 Å². The van der Waals surface area contributed by atoms with Crippen LogP contribution in [0.4, 0.5) is 0 Å². The van der Waals surface area contributed by atoms with Crippen LogP contribution in [0.2, 0.25) is 0 Å². The molecule has 0 rings (SSSR count). The number of esters is 2. The van der Waals surface area contributed by atoms with E-state index in [4.69, 9.17) is 19.3 Å². The van der Waals surface area contributed by atoms with Gasteiger partial charge in [0.25, 0.3) is 0 Å². The van der Waals surface area contributed by atoms with Gasteiger partial charge in [0.05, 0.1) is 25.8 Å².